The first kappa shape index (κ1) is 11.2. The summed E-state index contributed by atoms with van der Waals surface area (Å²) >= 11 is 1.64. The van der Waals surface area contributed by atoms with E-state index in [1.54, 1.807) is 22.6 Å². The van der Waals surface area contributed by atoms with E-state index in [-0.39, 0.29) is 11.9 Å². The van der Waals surface area contributed by atoms with Crippen molar-refractivity contribution >= 4 is 23.0 Å². The molecule has 0 radical (unpaired) electrons. The van der Waals surface area contributed by atoms with Crippen molar-refractivity contribution in [2.75, 3.05) is 0 Å². The summed E-state index contributed by atoms with van der Waals surface area (Å²) in [4.78, 5) is 12.8. The summed E-state index contributed by atoms with van der Waals surface area (Å²) in [6.45, 7) is 1.54. The molecule has 3 rings (SSSR count). The Bertz CT molecular complexity index is 572. The highest BCUT2D eigenvalue weighted by Gasteiger charge is 2.32. The van der Waals surface area contributed by atoms with Crippen LogP contribution in [0.4, 0.5) is 0 Å². The van der Waals surface area contributed by atoms with Gasteiger partial charge in [0.15, 0.2) is 0 Å². The van der Waals surface area contributed by atoms with E-state index in [0.717, 1.165) is 16.3 Å². The largest absolute Gasteiger partial charge is 0.463 e. The topological polar surface area (TPSA) is 45.8 Å². The van der Waals surface area contributed by atoms with Crippen LogP contribution in [0.25, 0.3) is 0 Å². The summed E-state index contributed by atoms with van der Waals surface area (Å²) in [5.74, 6) is 0.690. The molecule has 0 aromatic carbocycles. The van der Waals surface area contributed by atoms with Gasteiger partial charge in [-0.1, -0.05) is 6.07 Å². The van der Waals surface area contributed by atoms with Gasteiger partial charge in [-0.25, -0.2) is 5.01 Å². The van der Waals surface area contributed by atoms with Crippen molar-refractivity contribution in [3.63, 3.8) is 0 Å². The summed E-state index contributed by atoms with van der Waals surface area (Å²) in [7, 11) is 0. The third-order valence-corrected chi connectivity index (χ3v) is 3.88. The quantitative estimate of drug-likeness (QED) is 0.833. The summed E-state index contributed by atoms with van der Waals surface area (Å²) in [5, 5.41) is 7.94. The highest BCUT2D eigenvalue weighted by atomic mass is 32.1. The molecule has 0 bridgehead atoms. The van der Waals surface area contributed by atoms with E-state index in [0.29, 0.717) is 6.42 Å². The monoisotopic (exact) mass is 260 g/mol. The number of furan rings is 1. The number of hydrogen-bond donors (Lipinski definition) is 0. The van der Waals surface area contributed by atoms with E-state index in [9.17, 15) is 4.79 Å². The molecule has 3 heterocycles. The van der Waals surface area contributed by atoms with Crippen molar-refractivity contribution in [1.82, 2.24) is 5.01 Å². The smallest absolute Gasteiger partial charge is 0.240 e. The minimum absolute atomic E-state index is 0.00241. The molecule has 0 spiro atoms. The molecule has 0 saturated heterocycles. The second-order valence-electron chi connectivity index (χ2n) is 4.12. The molecule has 0 N–H and O–H groups in total. The zero-order valence-corrected chi connectivity index (χ0v) is 10.7. The maximum absolute atomic E-state index is 11.7. The molecular formula is C13H12N2O2S. The molecule has 1 amide bonds. The van der Waals surface area contributed by atoms with Crippen LogP contribution >= 0.6 is 11.3 Å². The van der Waals surface area contributed by atoms with Gasteiger partial charge in [-0.05, 0) is 23.6 Å². The molecular weight excluding hydrogens is 248 g/mol. The van der Waals surface area contributed by atoms with Gasteiger partial charge in [0.2, 0.25) is 5.91 Å². The number of carbonyl (C=O) groups excluding carboxylic acids is 1. The minimum atomic E-state index is -0.0463. The molecule has 5 heteroatoms. The molecule has 1 aliphatic heterocycles. The highest BCUT2D eigenvalue weighted by Crippen LogP contribution is 2.34. The normalized spacial score (nSPS) is 19.1. The summed E-state index contributed by atoms with van der Waals surface area (Å²) in [5.41, 5.74) is 0.827. The average Bonchev–Trinajstić information content (AvgIpc) is 3.10. The van der Waals surface area contributed by atoms with Crippen LogP contribution in [0, 0.1) is 0 Å². The van der Waals surface area contributed by atoms with Crippen molar-refractivity contribution in [3.8, 4) is 0 Å². The fourth-order valence-electron chi connectivity index (χ4n) is 2.09. The van der Waals surface area contributed by atoms with Crippen LogP contribution < -0.4 is 0 Å². The van der Waals surface area contributed by atoms with Gasteiger partial charge in [-0.3, -0.25) is 4.79 Å². The Labute approximate surface area is 109 Å². The molecule has 2 aromatic rings. The van der Waals surface area contributed by atoms with E-state index in [1.165, 1.54) is 6.92 Å². The average molecular weight is 260 g/mol. The van der Waals surface area contributed by atoms with Crippen molar-refractivity contribution in [3.05, 3.63) is 46.5 Å². The van der Waals surface area contributed by atoms with E-state index < -0.39 is 0 Å². The Kier molecular flexibility index (Phi) is 2.76. The second kappa shape index (κ2) is 4.42. The fourth-order valence-corrected chi connectivity index (χ4v) is 2.91. The number of thiophene rings is 1. The van der Waals surface area contributed by atoms with Crippen LogP contribution in [0.2, 0.25) is 0 Å². The minimum Gasteiger partial charge on any atom is -0.463 e. The van der Waals surface area contributed by atoms with E-state index in [4.69, 9.17) is 4.42 Å². The first-order chi connectivity index (χ1) is 8.75. The molecule has 0 fully saturated rings. The first-order valence-electron chi connectivity index (χ1n) is 5.70. The summed E-state index contributed by atoms with van der Waals surface area (Å²) < 4.78 is 5.35. The van der Waals surface area contributed by atoms with Crippen LogP contribution in [-0.2, 0) is 4.79 Å². The number of nitrogens with zero attached hydrogens (tertiary/aromatic N) is 2. The van der Waals surface area contributed by atoms with Crippen molar-refractivity contribution in [2.45, 2.75) is 19.4 Å². The van der Waals surface area contributed by atoms with Crippen LogP contribution in [0.5, 0.6) is 0 Å². The highest BCUT2D eigenvalue weighted by molar-refractivity contribution is 7.10. The molecule has 1 atom stereocenters. The number of rotatable bonds is 2. The third kappa shape index (κ3) is 1.86. The van der Waals surface area contributed by atoms with Crippen LogP contribution in [0.15, 0.2) is 45.4 Å². The molecule has 92 valence electrons. The second-order valence-corrected chi connectivity index (χ2v) is 5.10. The summed E-state index contributed by atoms with van der Waals surface area (Å²) in [6, 6.07) is 7.72. The van der Waals surface area contributed by atoms with E-state index in [2.05, 4.69) is 5.10 Å². The Hall–Kier alpha value is -1.88. The lowest BCUT2D eigenvalue weighted by Gasteiger charge is -2.18. The standard InChI is InChI=1S/C13H12N2O2S/c1-9(16)15-11(13-5-3-7-18-13)8-10(14-15)12-4-2-6-17-12/h2-7,11H,8H2,1H3. The fraction of sp³-hybridized carbons (Fsp3) is 0.231. The molecule has 1 unspecified atom stereocenters. The molecule has 0 aliphatic carbocycles. The third-order valence-electron chi connectivity index (χ3n) is 2.91. The zero-order chi connectivity index (χ0) is 12.5. The van der Waals surface area contributed by atoms with Gasteiger partial charge in [0, 0.05) is 18.2 Å². The number of amides is 1. The zero-order valence-electron chi connectivity index (χ0n) is 9.87. The Morgan fingerprint density at radius 2 is 2.39 bits per heavy atom. The van der Waals surface area contributed by atoms with Gasteiger partial charge in [-0.15, -0.1) is 11.3 Å². The Balaban J connectivity index is 1.93. The lowest BCUT2D eigenvalue weighted by Crippen LogP contribution is -2.23. The number of hydrazone groups is 1. The van der Waals surface area contributed by atoms with E-state index >= 15 is 0 Å². The Morgan fingerprint density at radius 3 is 3.00 bits per heavy atom. The van der Waals surface area contributed by atoms with Crippen molar-refractivity contribution in [1.29, 1.82) is 0 Å². The molecule has 0 saturated carbocycles. The van der Waals surface area contributed by atoms with Gasteiger partial charge >= 0.3 is 0 Å². The first-order valence-corrected chi connectivity index (χ1v) is 6.58. The van der Waals surface area contributed by atoms with Crippen LogP contribution in [0.3, 0.4) is 0 Å². The van der Waals surface area contributed by atoms with E-state index in [1.807, 2.05) is 29.6 Å². The van der Waals surface area contributed by atoms with Crippen molar-refractivity contribution in [2.24, 2.45) is 5.10 Å². The van der Waals surface area contributed by atoms with Crippen LogP contribution in [-0.4, -0.2) is 16.6 Å². The molecule has 2 aromatic heterocycles. The summed E-state index contributed by atoms with van der Waals surface area (Å²) in [6.07, 6.45) is 2.32. The van der Waals surface area contributed by atoms with Gasteiger partial charge in [0.1, 0.15) is 11.5 Å². The lowest BCUT2D eigenvalue weighted by molar-refractivity contribution is -0.130. The predicted octanol–water partition coefficient (Wildman–Crippen LogP) is 3.04. The maximum Gasteiger partial charge on any atom is 0.240 e. The maximum atomic E-state index is 11.7. The van der Waals surface area contributed by atoms with Gasteiger partial charge < -0.3 is 4.42 Å². The van der Waals surface area contributed by atoms with Gasteiger partial charge in [0.25, 0.3) is 0 Å². The molecule has 18 heavy (non-hydrogen) atoms. The number of carbonyl (C=O) groups is 1. The van der Waals surface area contributed by atoms with Crippen LogP contribution in [0.1, 0.15) is 30.0 Å². The molecule has 1 aliphatic rings. The Morgan fingerprint density at radius 1 is 1.50 bits per heavy atom. The lowest BCUT2D eigenvalue weighted by atomic mass is 10.1. The van der Waals surface area contributed by atoms with Gasteiger partial charge in [0.05, 0.1) is 12.3 Å². The predicted molar refractivity (Wildman–Crippen MR) is 69.4 cm³/mol. The number of hydrogen-bond acceptors (Lipinski definition) is 4. The SMILES string of the molecule is CC(=O)N1N=C(c2ccco2)CC1c1cccs1. The molecule has 4 nitrogen and oxygen atoms in total. The van der Waals surface area contributed by atoms with Crippen molar-refractivity contribution < 1.29 is 9.21 Å². The van der Waals surface area contributed by atoms with Gasteiger partial charge in [-0.2, -0.15) is 5.10 Å².